The first-order valence-corrected chi connectivity index (χ1v) is 12.4. The molecule has 11 heteroatoms. The molecule has 2 fully saturated rings. The molecule has 1 amide bonds. The first-order valence-electron chi connectivity index (χ1n) is 12.4. The van der Waals surface area contributed by atoms with Crippen molar-refractivity contribution in [1.29, 1.82) is 0 Å². The number of piperazine rings is 1. The van der Waals surface area contributed by atoms with Crippen molar-refractivity contribution in [3.8, 4) is 0 Å². The van der Waals surface area contributed by atoms with Crippen molar-refractivity contribution >= 4 is 23.1 Å². The molecule has 35 heavy (non-hydrogen) atoms. The quantitative estimate of drug-likeness (QED) is 0.549. The Hall–Kier alpha value is -3.08. The van der Waals surface area contributed by atoms with Gasteiger partial charge < -0.3 is 15.5 Å². The highest BCUT2D eigenvalue weighted by Gasteiger charge is 2.28. The number of hydrogen-bond donors (Lipinski definition) is 2. The number of halogens is 2. The highest BCUT2D eigenvalue weighted by atomic mass is 19.3. The number of nitrogens with zero attached hydrogens (tertiary/aromatic N) is 6. The molecule has 0 unspecified atom stereocenters. The standard InChI is InChI=1S/C24H32F2N8O/c1-15(2)16-3-5-17(6-4-16)34-14-19(21(31-34)22(25)26)29-24(35)18-13-28-33-10-7-20(30-23(18)33)32-11-8-27-9-12-32/h7,10,13-17,22,27H,3-6,8-9,11-12H2,1-2H3,(H,29,35). The predicted octanol–water partition coefficient (Wildman–Crippen LogP) is 3.91. The maximum absolute atomic E-state index is 13.8. The number of aromatic nitrogens is 5. The molecule has 0 bridgehead atoms. The molecule has 3 aromatic rings. The van der Waals surface area contributed by atoms with Crippen LogP contribution in [0.1, 0.15) is 68.0 Å². The summed E-state index contributed by atoms with van der Waals surface area (Å²) in [5, 5.41) is 14.3. The lowest BCUT2D eigenvalue weighted by molar-refractivity contribution is 0.102. The second-order valence-electron chi connectivity index (χ2n) is 9.82. The van der Waals surface area contributed by atoms with Gasteiger partial charge in [0.25, 0.3) is 12.3 Å². The molecule has 1 aliphatic heterocycles. The van der Waals surface area contributed by atoms with Crippen LogP contribution < -0.4 is 15.5 Å². The van der Waals surface area contributed by atoms with Gasteiger partial charge in [0.2, 0.25) is 0 Å². The minimum absolute atomic E-state index is 0.0357. The van der Waals surface area contributed by atoms with Crippen LogP contribution in [0.2, 0.25) is 0 Å². The van der Waals surface area contributed by atoms with E-state index in [2.05, 4.69) is 44.6 Å². The molecule has 1 saturated heterocycles. The first-order chi connectivity index (χ1) is 16.9. The smallest absolute Gasteiger partial charge is 0.284 e. The van der Waals surface area contributed by atoms with Crippen LogP contribution in [0, 0.1) is 11.8 Å². The van der Waals surface area contributed by atoms with Gasteiger partial charge in [-0.1, -0.05) is 13.8 Å². The summed E-state index contributed by atoms with van der Waals surface area (Å²) in [5.74, 6) is 1.50. The Balaban J connectivity index is 1.36. The van der Waals surface area contributed by atoms with E-state index in [1.54, 1.807) is 17.1 Å². The molecule has 2 N–H and O–H groups in total. The summed E-state index contributed by atoms with van der Waals surface area (Å²) in [6.45, 7) is 7.80. The molecule has 0 spiro atoms. The average molecular weight is 487 g/mol. The molecule has 3 aromatic heterocycles. The Kier molecular flexibility index (Phi) is 6.68. The molecule has 0 aromatic carbocycles. The normalized spacial score (nSPS) is 21.3. The summed E-state index contributed by atoms with van der Waals surface area (Å²) in [7, 11) is 0. The number of carbonyl (C=O) groups is 1. The molecule has 9 nitrogen and oxygen atoms in total. The summed E-state index contributed by atoms with van der Waals surface area (Å²) >= 11 is 0. The Morgan fingerprint density at radius 1 is 1.17 bits per heavy atom. The van der Waals surface area contributed by atoms with E-state index in [1.165, 1.54) is 10.7 Å². The van der Waals surface area contributed by atoms with Crippen LogP contribution in [-0.4, -0.2) is 56.5 Å². The summed E-state index contributed by atoms with van der Waals surface area (Å²) in [4.78, 5) is 19.9. The largest absolute Gasteiger partial charge is 0.354 e. The van der Waals surface area contributed by atoms with Gasteiger partial charge >= 0.3 is 0 Å². The Labute approximate surface area is 202 Å². The number of fused-ring (bicyclic) bond motifs is 1. The lowest BCUT2D eigenvalue weighted by Gasteiger charge is -2.30. The van der Waals surface area contributed by atoms with Crippen molar-refractivity contribution in [2.24, 2.45) is 11.8 Å². The van der Waals surface area contributed by atoms with E-state index in [0.29, 0.717) is 17.5 Å². The molecular weight excluding hydrogens is 454 g/mol. The monoisotopic (exact) mass is 486 g/mol. The average Bonchev–Trinajstić information content (AvgIpc) is 3.49. The third kappa shape index (κ3) is 4.86. The molecule has 188 valence electrons. The van der Waals surface area contributed by atoms with E-state index >= 15 is 0 Å². The lowest BCUT2D eigenvalue weighted by atomic mass is 9.80. The van der Waals surface area contributed by atoms with Crippen LogP contribution in [0.25, 0.3) is 5.65 Å². The molecule has 4 heterocycles. The fourth-order valence-electron chi connectivity index (χ4n) is 5.16. The minimum Gasteiger partial charge on any atom is -0.354 e. The van der Waals surface area contributed by atoms with Crippen molar-refractivity contribution in [2.75, 3.05) is 36.4 Å². The third-order valence-electron chi connectivity index (χ3n) is 7.31. The van der Waals surface area contributed by atoms with Crippen LogP contribution in [0.15, 0.2) is 24.7 Å². The SMILES string of the molecule is CC(C)C1CCC(n2cc(NC(=O)c3cnn4ccc(N5CCNCC5)nc34)c(C(F)F)n2)CC1. The predicted molar refractivity (Wildman–Crippen MR) is 129 cm³/mol. The number of anilines is 2. The summed E-state index contributed by atoms with van der Waals surface area (Å²) in [5.41, 5.74) is 0.243. The third-order valence-corrected chi connectivity index (χ3v) is 7.31. The van der Waals surface area contributed by atoms with Gasteiger partial charge in [0.05, 0.1) is 17.9 Å². The van der Waals surface area contributed by atoms with E-state index in [9.17, 15) is 13.6 Å². The van der Waals surface area contributed by atoms with Gasteiger partial charge in [0, 0.05) is 38.6 Å². The molecule has 5 rings (SSSR count). The number of hydrogen-bond acceptors (Lipinski definition) is 6. The Bertz CT molecular complexity index is 1180. The highest BCUT2D eigenvalue weighted by molar-refractivity contribution is 6.08. The minimum atomic E-state index is -2.79. The second-order valence-corrected chi connectivity index (χ2v) is 9.82. The molecule has 1 aliphatic carbocycles. The van der Waals surface area contributed by atoms with E-state index in [0.717, 1.165) is 57.7 Å². The van der Waals surface area contributed by atoms with Crippen molar-refractivity contribution in [2.45, 2.75) is 52.0 Å². The molecule has 0 atom stereocenters. The molecule has 0 radical (unpaired) electrons. The maximum atomic E-state index is 13.8. The maximum Gasteiger partial charge on any atom is 0.284 e. The van der Waals surface area contributed by atoms with Crippen LogP contribution in [-0.2, 0) is 0 Å². The zero-order valence-corrected chi connectivity index (χ0v) is 20.1. The van der Waals surface area contributed by atoms with Crippen LogP contribution >= 0.6 is 0 Å². The topological polar surface area (TPSA) is 92.4 Å². The zero-order chi connectivity index (χ0) is 24.5. The number of nitrogens with one attached hydrogen (secondary N) is 2. The summed E-state index contributed by atoms with van der Waals surface area (Å²) < 4.78 is 30.8. The Morgan fingerprint density at radius 2 is 1.91 bits per heavy atom. The van der Waals surface area contributed by atoms with Crippen molar-refractivity contribution < 1.29 is 13.6 Å². The van der Waals surface area contributed by atoms with Gasteiger partial charge in [-0.15, -0.1) is 0 Å². The fourth-order valence-corrected chi connectivity index (χ4v) is 5.16. The van der Waals surface area contributed by atoms with Crippen LogP contribution in [0.3, 0.4) is 0 Å². The van der Waals surface area contributed by atoms with Gasteiger partial charge in [0.15, 0.2) is 11.3 Å². The zero-order valence-electron chi connectivity index (χ0n) is 20.1. The lowest BCUT2D eigenvalue weighted by Crippen LogP contribution is -2.43. The van der Waals surface area contributed by atoms with Gasteiger partial charge in [-0.05, 0) is 43.6 Å². The van der Waals surface area contributed by atoms with Crippen molar-refractivity contribution in [3.63, 3.8) is 0 Å². The number of carbonyl (C=O) groups excluding carboxylic acids is 1. The summed E-state index contributed by atoms with van der Waals surface area (Å²) in [6, 6.07) is 1.92. The first kappa shape index (κ1) is 23.7. The van der Waals surface area contributed by atoms with E-state index in [4.69, 9.17) is 0 Å². The Morgan fingerprint density at radius 3 is 2.60 bits per heavy atom. The van der Waals surface area contributed by atoms with Gasteiger partial charge in [-0.25, -0.2) is 18.3 Å². The molecular formula is C24H32F2N8O. The van der Waals surface area contributed by atoms with Crippen molar-refractivity contribution in [3.05, 3.63) is 35.9 Å². The van der Waals surface area contributed by atoms with E-state index in [1.807, 2.05) is 6.07 Å². The van der Waals surface area contributed by atoms with Crippen LogP contribution in [0.4, 0.5) is 20.3 Å². The van der Waals surface area contributed by atoms with E-state index < -0.39 is 18.0 Å². The highest BCUT2D eigenvalue weighted by Crippen LogP contribution is 2.37. The van der Waals surface area contributed by atoms with Crippen molar-refractivity contribution in [1.82, 2.24) is 29.7 Å². The fraction of sp³-hybridized carbons (Fsp3) is 0.583. The number of alkyl halides is 2. The van der Waals surface area contributed by atoms with E-state index in [-0.39, 0.29) is 17.3 Å². The van der Waals surface area contributed by atoms with Gasteiger partial charge in [0.1, 0.15) is 11.4 Å². The van der Waals surface area contributed by atoms with Gasteiger partial charge in [-0.3, -0.25) is 9.48 Å². The molecule has 1 saturated carbocycles. The van der Waals surface area contributed by atoms with Gasteiger partial charge in [-0.2, -0.15) is 10.2 Å². The number of rotatable bonds is 6. The van der Waals surface area contributed by atoms with Crippen LogP contribution in [0.5, 0.6) is 0 Å². The second kappa shape index (κ2) is 9.88. The molecule has 2 aliphatic rings. The number of amides is 1. The summed E-state index contributed by atoms with van der Waals surface area (Å²) in [6.07, 6.45) is 5.83.